The second-order valence-electron chi connectivity index (χ2n) is 7.43. The third-order valence-corrected chi connectivity index (χ3v) is 5.20. The first kappa shape index (κ1) is 25.8. The molecule has 180 valence electrons. The molecule has 0 spiro atoms. The highest BCUT2D eigenvalue weighted by atomic mass is 16.7. The molecule has 0 bridgehead atoms. The summed E-state index contributed by atoms with van der Waals surface area (Å²) in [5, 5.41) is 97.4. The van der Waals surface area contributed by atoms with Crippen molar-refractivity contribution in [3.8, 4) is 0 Å². The predicted octanol–water partition coefficient (Wildman–Crippen LogP) is -5.71. The molecule has 10 atom stereocenters. The van der Waals surface area contributed by atoms with Crippen molar-refractivity contribution in [2.75, 3.05) is 13.2 Å². The van der Waals surface area contributed by atoms with Gasteiger partial charge in [0.1, 0.15) is 36.6 Å². The standard InChI is InChI=1S/C16H26O15/c17-3-6(20)11-9(22)5(19)1-16(31-11,14(26)27)29-8-2-15(28,13(24)25)30-12(10(8)23)7(21)4-18/h5-12,17-23,28H,1-4H2,(H,24,25)(H,26,27)/t5-,6-,7-,8-,9-,10-,11-,12-,15+,16+/m1/s1. The van der Waals surface area contributed by atoms with Crippen molar-refractivity contribution in [2.45, 2.75) is 73.2 Å². The first-order chi connectivity index (χ1) is 14.3. The maximum absolute atomic E-state index is 12.0. The van der Waals surface area contributed by atoms with E-state index in [9.17, 15) is 50.4 Å². The Morgan fingerprint density at radius 3 is 1.87 bits per heavy atom. The number of carboxylic acid groups (broad SMARTS) is 2. The summed E-state index contributed by atoms with van der Waals surface area (Å²) >= 11 is 0. The van der Waals surface area contributed by atoms with Gasteiger partial charge in [0, 0.05) is 12.8 Å². The van der Waals surface area contributed by atoms with Gasteiger partial charge in [-0.1, -0.05) is 0 Å². The molecule has 2 aliphatic rings. The van der Waals surface area contributed by atoms with Crippen LogP contribution in [0.15, 0.2) is 0 Å². The molecular formula is C16H26O15. The molecule has 0 saturated carbocycles. The van der Waals surface area contributed by atoms with Crippen molar-refractivity contribution < 1.29 is 74.9 Å². The Morgan fingerprint density at radius 1 is 0.903 bits per heavy atom. The molecule has 0 aliphatic carbocycles. The van der Waals surface area contributed by atoms with E-state index in [-0.39, 0.29) is 0 Å². The fraction of sp³-hybridized carbons (Fsp3) is 0.875. The SMILES string of the molecule is O=C(O)[C@]1(O[C@@H]2C[C@@](O)(C(=O)O)O[C@H]([C@H](O)CO)[C@@H]2O)C[C@@H](O)[C@@H](O)[C@@H]([C@H](O)CO)O1. The Bertz CT molecular complexity index is 659. The smallest absolute Gasteiger partial charge is 0.364 e. The van der Waals surface area contributed by atoms with Crippen LogP contribution in [-0.4, -0.2) is 137 Å². The minimum Gasteiger partial charge on any atom is -0.477 e. The Morgan fingerprint density at radius 2 is 1.42 bits per heavy atom. The molecule has 0 unspecified atom stereocenters. The highest BCUT2D eigenvalue weighted by molar-refractivity contribution is 5.76. The lowest BCUT2D eigenvalue weighted by atomic mass is 9.90. The van der Waals surface area contributed by atoms with Gasteiger partial charge in [-0.2, -0.15) is 0 Å². The zero-order chi connectivity index (χ0) is 23.7. The van der Waals surface area contributed by atoms with Crippen LogP contribution in [0, 0.1) is 0 Å². The molecule has 0 aromatic heterocycles. The molecule has 2 rings (SSSR count). The van der Waals surface area contributed by atoms with Crippen LogP contribution >= 0.6 is 0 Å². The molecule has 0 aromatic rings. The topological polar surface area (TPSA) is 264 Å². The lowest BCUT2D eigenvalue weighted by molar-refractivity contribution is -0.369. The summed E-state index contributed by atoms with van der Waals surface area (Å²) < 4.78 is 15.2. The summed E-state index contributed by atoms with van der Waals surface area (Å²) in [4.78, 5) is 23.4. The lowest BCUT2D eigenvalue weighted by Gasteiger charge is -2.48. The van der Waals surface area contributed by atoms with E-state index in [1.165, 1.54) is 0 Å². The van der Waals surface area contributed by atoms with Crippen LogP contribution in [0.4, 0.5) is 0 Å². The zero-order valence-corrected chi connectivity index (χ0v) is 16.0. The van der Waals surface area contributed by atoms with Gasteiger partial charge < -0.3 is 65.3 Å². The summed E-state index contributed by atoms with van der Waals surface area (Å²) in [7, 11) is 0. The number of aliphatic hydroxyl groups excluding tert-OH is 7. The summed E-state index contributed by atoms with van der Waals surface area (Å²) in [6.07, 6.45) is -17.2. The number of carbonyl (C=O) groups is 2. The van der Waals surface area contributed by atoms with Crippen LogP contribution in [0.3, 0.4) is 0 Å². The van der Waals surface area contributed by atoms with E-state index >= 15 is 0 Å². The number of hydrogen-bond donors (Lipinski definition) is 10. The molecule has 0 aromatic carbocycles. The highest BCUT2D eigenvalue weighted by Crippen LogP contribution is 2.38. The average molecular weight is 458 g/mol. The number of hydrogen-bond acceptors (Lipinski definition) is 13. The van der Waals surface area contributed by atoms with Gasteiger partial charge in [-0.15, -0.1) is 0 Å². The van der Waals surface area contributed by atoms with Crippen LogP contribution in [-0.2, 0) is 23.8 Å². The quantitative estimate of drug-likeness (QED) is 0.162. The molecule has 2 fully saturated rings. The minimum absolute atomic E-state index is 0.957. The normalized spacial score (nSPS) is 43.2. The van der Waals surface area contributed by atoms with E-state index in [2.05, 4.69) is 0 Å². The third-order valence-electron chi connectivity index (χ3n) is 5.20. The van der Waals surface area contributed by atoms with E-state index in [0.29, 0.717) is 0 Å². The van der Waals surface area contributed by atoms with Crippen LogP contribution < -0.4 is 0 Å². The van der Waals surface area contributed by atoms with Crippen LogP contribution in [0.5, 0.6) is 0 Å². The summed E-state index contributed by atoms with van der Waals surface area (Å²) in [5.41, 5.74) is 0. The Balaban J connectivity index is 2.41. The fourth-order valence-electron chi connectivity index (χ4n) is 3.48. The maximum atomic E-state index is 12.0. The molecule has 31 heavy (non-hydrogen) atoms. The van der Waals surface area contributed by atoms with E-state index in [0.717, 1.165) is 0 Å². The van der Waals surface area contributed by atoms with Gasteiger partial charge in [0.15, 0.2) is 0 Å². The summed E-state index contributed by atoms with van der Waals surface area (Å²) in [5.74, 6) is -9.83. The zero-order valence-electron chi connectivity index (χ0n) is 16.0. The van der Waals surface area contributed by atoms with E-state index in [1.807, 2.05) is 0 Å². The monoisotopic (exact) mass is 458 g/mol. The van der Waals surface area contributed by atoms with E-state index in [4.69, 9.17) is 24.4 Å². The van der Waals surface area contributed by atoms with Crippen molar-refractivity contribution >= 4 is 11.9 Å². The number of rotatable bonds is 8. The second-order valence-corrected chi connectivity index (χ2v) is 7.43. The molecular weight excluding hydrogens is 432 g/mol. The Labute approximate surface area is 174 Å². The highest BCUT2D eigenvalue weighted by Gasteiger charge is 2.59. The van der Waals surface area contributed by atoms with Crippen molar-refractivity contribution in [3.63, 3.8) is 0 Å². The average Bonchev–Trinajstić information content (AvgIpc) is 2.71. The van der Waals surface area contributed by atoms with Gasteiger partial charge in [0.05, 0.1) is 25.4 Å². The molecule has 0 radical (unpaired) electrons. The number of ether oxygens (including phenoxy) is 3. The lowest BCUT2D eigenvalue weighted by Crippen LogP contribution is -2.67. The van der Waals surface area contributed by atoms with Gasteiger partial charge >= 0.3 is 11.9 Å². The van der Waals surface area contributed by atoms with Gasteiger partial charge in [-0.05, 0) is 0 Å². The first-order valence-electron chi connectivity index (χ1n) is 9.16. The third kappa shape index (κ3) is 4.96. The largest absolute Gasteiger partial charge is 0.477 e. The molecule has 0 amide bonds. The van der Waals surface area contributed by atoms with Gasteiger partial charge in [-0.3, -0.25) is 0 Å². The van der Waals surface area contributed by atoms with Gasteiger partial charge in [0.2, 0.25) is 0 Å². The van der Waals surface area contributed by atoms with Crippen LogP contribution in [0.1, 0.15) is 12.8 Å². The van der Waals surface area contributed by atoms with Crippen molar-refractivity contribution in [1.29, 1.82) is 0 Å². The van der Waals surface area contributed by atoms with Crippen molar-refractivity contribution in [2.24, 2.45) is 0 Å². The molecule has 2 saturated heterocycles. The maximum Gasteiger partial charge on any atom is 0.364 e. The number of aliphatic hydroxyl groups is 8. The Hall–Kier alpha value is -1.50. The first-order valence-corrected chi connectivity index (χ1v) is 9.16. The number of carboxylic acids is 2. The fourth-order valence-corrected chi connectivity index (χ4v) is 3.48. The molecule has 15 nitrogen and oxygen atoms in total. The van der Waals surface area contributed by atoms with Crippen molar-refractivity contribution in [3.05, 3.63) is 0 Å². The second kappa shape index (κ2) is 9.55. The van der Waals surface area contributed by atoms with E-state index < -0.39 is 98.4 Å². The number of aliphatic carboxylic acids is 2. The molecule has 2 aliphatic heterocycles. The molecule has 10 N–H and O–H groups in total. The Kier molecular flexibility index (Phi) is 7.94. The molecule has 15 heteroatoms. The summed E-state index contributed by atoms with van der Waals surface area (Å²) in [6.45, 7) is -2.02. The molecule has 2 heterocycles. The van der Waals surface area contributed by atoms with Crippen molar-refractivity contribution in [1.82, 2.24) is 0 Å². The van der Waals surface area contributed by atoms with Gasteiger partial charge in [-0.25, -0.2) is 9.59 Å². The minimum atomic E-state index is -3.07. The van der Waals surface area contributed by atoms with E-state index in [1.54, 1.807) is 0 Å². The van der Waals surface area contributed by atoms with Crippen LogP contribution in [0.2, 0.25) is 0 Å². The predicted molar refractivity (Wildman–Crippen MR) is 91.0 cm³/mol. The summed E-state index contributed by atoms with van der Waals surface area (Å²) in [6, 6.07) is 0. The van der Waals surface area contributed by atoms with Gasteiger partial charge in [0.25, 0.3) is 11.6 Å². The van der Waals surface area contributed by atoms with Crippen LogP contribution in [0.25, 0.3) is 0 Å².